The van der Waals surface area contributed by atoms with E-state index in [-0.39, 0.29) is 4.32 Å². The lowest BCUT2D eigenvalue weighted by Crippen LogP contribution is -2.22. The summed E-state index contributed by atoms with van der Waals surface area (Å²) in [5.41, 5.74) is 3.76. The second-order valence-electron chi connectivity index (χ2n) is 7.25. The number of benzene rings is 1. The van der Waals surface area contributed by atoms with Gasteiger partial charge in [-0.15, -0.1) is 0 Å². The minimum absolute atomic E-state index is 0.132. The molecular formula is C20H28BrN. The van der Waals surface area contributed by atoms with E-state index in [0.717, 1.165) is 24.9 Å². The predicted octanol–water partition coefficient (Wildman–Crippen LogP) is 6.32. The third-order valence-corrected chi connectivity index (χ3v) is 4.77. The van der Waals surface area contributed by atoms with Crippen LogP contribution in [0.25, 0.3) is 0 Å². The quantitative estimate of drug-likeness (QED) is 0.584. The molecule has 1 N–H and O–H groups in total. The first-order valence-corrected chi connectivity index (χ1v) is 9.10. The van der Waals surface area contributed by atoms with Crippen molar-refractivity contribution in [3.8, 4) is 0 Å². The lowest BCUT2D eigenvalue weighted by Gasteiger charge is -2.28. The summed E-state index contributed by atoms with van der Waals surface area (Å²) in [4.78, 5) is 0. The van der Waals surface area contributed by atoms with Gasteiger partial charge in [0.2, 0.25) is 0 Å². The van der Waals surface area contributed by atoms with Crippen molar-refractivity contribution in [2.45, 2.75) is 51.3 Å². The van der Waals surface area contributed by atoms with Crippen LogP contribution < -0.4 is 5.32 Å². The van der Waals surface area contributed by atoms with Gasteiger partial charge in [-0.05, 0) is 54.9 Å². The van der Waals surface area contributed by atoms with Crippen molar-refractivity contribution < 1.29 is 0 Å². The molecule has 1 aliphatic carbocycles. The molecule has 0 aliphatic heterocycles. The van der Waals surface area contributed by atoms with Gasteiger partial charge in [-0.1, -0.05) is 67.9 Å². The Balaban J connectivity index is 1.94. The predicted molar refractivity (Wildman–Crippen MR) is 102 cm³/mol. The van der Waals surface area contributed by atoms with E-state index in [9.17, 15) is 0 Å². The van der Waals surface area contributed by atoms with E-state index in [2.05, 4.69) is 91.4 Å². The van der Waals surface area contributed by atoms with E-state index in [0.29, 0.717) is 11.8 Å². The molecule has 0 bridgehead atoms. The van der Waals surface area contributed by atoms with Crippen molar-refractivity contribution in [1.29, 1.82) is 0 Å². The van der Waals surface area contributed by atoms with Crippen molar-refractivity contribution in [2.24, 2.45) is 11.8 Å². The van der Waals surface area contributed by atoms with Crippen molar-refractivity contribution >= 4 is 21.6 Å². The van der Waals surface area contributed by atoms with Crippen LogP contribution in [0.15, 0.2) is 48.2 Å². The molecule has 120 valence electrons. The fourth-order valence-electron chi connectivity index (χ4n) is 2.94. The molecule has 1 atom stereocenters. The highest BCUT2D eigenvalue weighted by Gasteiger charge is 2.25. The van der Waals surface area contributed by atoms with Gasteiger partial charge >= 0.3 is 0 Å². The largest absolute Gasteiger partial charge is 0.356 e. The molecule has 0 amide bonds. The summed E-state index contributed by atoms with van der Waals surface area (Å²) < 4.78 is 0.132. The Labute approximate surface area is 144 Å². The molecule has 1 aromatic rings. The highest BCUT2D eigenvalue weighted by Crippen LogP contribution is 2.35. The van der Waals surface area contributed by atoms with Crippen LogP contribution >= 0.6 is 15.9 Å². The summed E-state index contributed by atoms with van der Waals surface area (Å²) in [6.07, 6.45) is 10.1. The zero-order valence-electron chi connectivity index (χ0n) is 14.2. The molecule has 0 saturated heterocycles. The highest BCUT2D eigenvalue weighted by atomic mass is 79.9. The number of allylic oxidation sites excluding steroid dienone is 3. The Morgan fingerprint density at radius 3 is 2.27 bits per heavy atom. The lowest BCUT2D eigenvalue weighted by atomic mass is 9.90. The maximum Gasteiger partial charge on any atom is 0.0478 e. The Morgan fingerprint density at radius 1 is 1.09 bits per heavy atom. The van der Waals surface area contributed by atoms with Crippen molar-refractivity contribution in [1.82, 2.24) is 0 Å². The molecule has 0 saturated carbocycles. The maximum atomic E-state index is 3.88. The molecule has 0 fully saturated rings. The molecule has 1 aromatic carbocycles. The van der Waals surface area contributed by atoms with Crippen molar-refractivity contribution in [2.75, 3.05) is 5.32 Å². The molecule has 1 aliphatic rings. The first-order valence-electron chi connectivity index (χ1n) is 8.30. The molecule has 0 aromatic heterocycles. The smallest absolute Gasteiger partial charge is 0.0478 e. The van der Waals surface area contributed by atoms with Gasteiger partial charge in [0.1, 0.15) is 0 Å². The van der Waals surface area contributed by atoms with Crippen LogP contribution in [-0.2, 0) is 6.42 Å². The molecular weight excluding hydrogens is 334 g/mol. The molecule has 0 heterocycles. The number of hydrogen-bond acceptors (Lipinski definition) is 1. The molecule has 2 rings (SSSR count). The van der Waals surface area contributed by atoms with E-state index in [1.807, 2.05) is 0 Å². The van der Waals surface area contributed by atoms with Crippen molar-refractivity contribution in [3.63, 3.8) is 0 Å². The lowest BCUT2D eigenvalue weighted by molar-refractivity contribution is 0.515. The zero-order valence-corrected chi connectivity index (χ0v) is 15.8. The Morgan fingerprint density at radius 2 is 1.77 bits per heavy atom. The van der Waals surface area contributed by atoms with E-state index >= 15 is 0 Å². The summed E-state index contributed by atoms with van der Waals surface area (Å²) in [6, 6.07) is 8.80. The fraction of sp³-hybridized carbons (Fsp3) is 0.500. The first kappa shape index (κ1) is 17.3. The summed E-state index contributed by atoms with van der Waals surface area (Å²) in [7, 11) is 0. The van der Waals surface area contributed by atoms with Crippen LogP contribution in [0, 0.1) is 11.8 Å². The maximum absolute atomic E-state index is 3.88. The molecule has 0 radical (unpaired) electrons. The molecule has 0 spiro atoms. The third-order valence-electron chi connectivity index (χ3n) is 3.86. The average molecular weight is 362 g/mol. The van der Waals surface area contributed by atoms with Gasteiger partial charge in [-0.25, -0.2) is 0 Å². The van der Waals surface area contributed by atoms with E-state index in [1.54, 1.807) is 0 Å². The van der Waals surface area contributed by atoms with Crippen LogP contribution in [0.4, 0.5) is 5.69 Å². The van der Waals surface area contributed by atoms with E-state index in [1.165, 1.54) is 11.3 Å². The second-order valence-corrected chi connectivity index (χ2v) is 8.83. The van der Waals surface area contributed by atoms with Crippen molar-refractivity contribution in [3.05, 3.63) is 53.8 Å². The standard InChI is InChI=1S/C20H28BrN/c1-15(2)13-17-5-7-18(8-6-17)22-19-9-11-20(21,12-10-19)14-16(3)4/h5-11,15-16,22H,12-14H2,1-4H3. The Bertz CT molecular complexity index is 539. The third kappa shape index (κ3) is 5.31. The molecule has 2 heteroatoms. The molecule has 22 heavy (non-hydrogen) atoms. The number of hydrogen-bond donors (Lipinski definition) is 1. The van der Waals surface area contributed by atoms with Gasteiger partial charge in [0.05, 0.1) is 0 Å². The van der Waals surface area contributed by atoms with Gasteiger partial charge in [0, 0.05) is 15.7 Å². The van der Waals surface area contributed by atoms with E-state index < -0.39 is 0 Å². The van der Waals surface area contributed by atoms with E-state index in [4.69, 9.17) is 0 Å². The van der Waals surface area contributed by atoms with Gasteiger partial charge < -0.3 is 5.32 Å². The van der Waals surface area contributed by atoms with Crippen LogP contribution in [0.3, 0.4) is 0 Å². The van der Waals surface area contributed by atoms with Crippen LogP contribution in [0.5, 0.6) is 0 Å². The average Bonchev–Trinajstić information content (AvgIpc) is 2.42. The second kappa shape index (κ2) is 7.50. The Kier molecular flexibility index (Phi) is 5.91. The molecule has 1 unspecified atom stereocenters. The number of halogens is 1. The number of alkyl halides is 1. The van der Waals surface area contributed by atoms with Gasteiger partial charge in [0.15, 0.2) is 0 Å². The molecule has 1 nitrogen and oxygen atoms in total. The summed E-state index contributed by atoms with van der Waals surface area (Å²) in [5, 5.41) is 3.51. The summed E-state index contributed by atoms with van der Waals surface area (Å²) in [5.74, 6) is 1.40. The summed E-state index contributed by atoms with van der Waals surface area (Å²) >= 11 is 3.88. The Hall–Kier alpha value is -1.02. The van der Waals surface area contributed by atoms with Crippen LogP contribution in [0.2, 0.25) is 0 Å². The highest BCUT2D eigenvalue weighted by molar-refractivity contribution is 9.10. The number of nitrogens with one attached hydrogen (secondary N) is 1. The zero-order chi connectivity index (χ0) is 16.2. The monoisotopic (exact) mass is 361 g/mol. The van der Waals surface area contributed by atoms with Gasteiger partial charge in [0.25, 0.3) is 0 Å². The minimum atomic E-state index is 0.132. The van der Waals surface area contributed by atoms with Gasteiger partial charge in [-0.3, -0.25) is 0 Å². The summed E-state index contributed by atoms with van der Waals surface area (Å²) in [6.45, 7) is 9.06. The van der Waals surface area contributed by atoms with Crippen LogP contribution in [0.1, 0.15) is 46.1 Å². The van der Waals surface area contributed by atoms with Crippen LogP contribution in [-0.4, -0.2) is 4.32 Å². The fourth-order valence-corrected chi connectivity index (χ4v) is 3.88. The first-order chi connectivity index (χ1) is 10.4. The number of rotatable bonds is 6. The minimum Gasteiger partial charge on any atom is -0.356 e. The number of anilines is 1. The topological polar surface area (TPSA) is 12.0 Å². The van der Waals surface area contributed by atoms with Gasteiger partial charge in [-0.2, -0.15) is 0 Å². The normalized spacial score (nSPS) is 21.3. The SMILES string of the molecule is CC(C)Cc1ccc(NC2=CCC(Br)(CC(C)C)C=C2)cc1.